The minimum absolute atomic E-state index is 0.202. The van der Waals surface area contributed by atoms with E-state index in [4.69, 9.17) is 12.3 Å². The molecule has 0 aliphatic heterocycles. The molecule has 0 amide bonds. The number of nitrogens with two attached hydrogens (primary N) is 1. The number of pyridine rings is 1. The zero-order valence-corrected chi connectivity index (χ0v) is 8.11. The molecule has 0 aromatic carbocycles. The molecule has 1 atom stereocenters. The monoisotopic (exact) mass is 189 g/mol. The molecule has 0 radical (unpaired) electrons. The van der Waals surface area contributed by atoms with Crippen LogP contribution in [0.25, 0.3) is 0 Å². The highest BCUT2D eigenvalue weighted by molar-refractivity contribution is 5.10. The van der Waals surface area contributed by atoms with Crippen LogP contribution in [0.3, 0.4) is 0 Å². The SMILES string of the molecule is C#CCC(CCc1ccncc1)NN. The van der Waals surface area contributed by atoms with Crippen LogP contribution >= 0.6 is 0 Å². The summed E-state index contributed by atoms with van der Waals surface area (Å²) in [4.78, 5) is 3.96. The van der Waals surface area contributed by atoms with Gasteiger partial charge >= 0.3 is 0 Å². The van der Waals surface area contributed by atoms with Crippen molar-refractivity contribution in [1.82, 2.24) is 10.4 Å². The van der Waals surface area contributed by atoms with Crippen molar-refractivity contribution in [3.05, 3.63) is 30.1 Å². The highest BCUT2D eigenvalue weighted by Gasteiger charge is 2.04. The van der Waals surface area contributed by atoms with Crippen LogP contribution in [0.15, 0.2) is 24.5 Å². The highest BCUT2D eigenvalue weighted by Crippen LogP contribution is 2.05. The van der Waals surface area contributed by atoms with E-state index < -0.39 is 0 Å². The topological polar surface area (TPSA) is 50.9 Å². The van der Waals surface area contributed by atoms with E-state index in [2.05, 4.69) is 16.3 Å². The summed E-state index contributed by atoms with van der Waals surface area (Å²) in [6.45, 7) is 0. The first-order chi connectivity index (χ1) is 6.86. The fourth-order valence-corrected chi connectivity index (χ4v) is 1.28. The average molecular weight is 189 g/mol. The fraction of sp³-hybridized carbons (Fsp3) is 0.364. The van der Waals surface area contributed by atoms with E-state index in [1.54, 1.807) is 12.4 Å². The van der Waals surface area contributed by atoms with Gasteiger partial charge in [0.25, 0.3) is 0 Å². The second kappa shape index (κ2) is 6.14. The van der Waals surface area contributed by atoms with Gasteiger partial charge in [0.1, 0.15) is 0 Å². The maximum atomic E-state index is 5.37. The smallest absolute Gasteiger partial charge is 0.0323 e. The Balaban J connectivity index is 2.36. The van der Waals surface area contributed by atoms with Crippen LogP contribution in [0.4, 0.5) is 0 Å². The molecule has 0 bridgehead atoms. The first kappa shape index (κ1) is 10.7. The summed E-state index contributed by atoms with van der Waals surface area (Å²) in [5, 5.41) is 0. The molecule has 1 heterocycles. The maximum Gasteiger partial charge on any atom is 0.0323 e. The Morgan fingerprint density at radius 3 is 2.79 bits per heavy atom. The van der Waals surface area contributed by atoms with Crippen LogP contribution in [0, 0.1) is 12.3 Å². The molecule has 0 spiro atoms. The zero-order valence-electron chi connectivity index (χ0n) is 8.11. The van der Waals surface area contributed by atoms with Crippen molar-refractivity contribution in [3.63, 3.8) is 0 Å². The number of nitrogens with one attached hydrogen (secondary N) is 1. The second-order valence-corrected chi connectivity index (χ2v) is 3.17. The number of aromatic nitrogens is 1. The van der Waals surface area contributed by atoms with Gasteiger partial charge in [-0.1, -0.05) is 0 Å². The molecule has 3 N–H and O–H groups in total. The van der Waals surface area contributed by atoms with Crippen molar-refractivity contribution in [2.75, 3.05) is 0 Å². The third-order valence-electron chi connectivity index (χ3n) is 2.13. The van der Waals surface area contributed by atoms with Crippen LogP contribution in [-0.2, 0) is 6.42 Å². The molecule has 74 valence electrons. The molecule has 14 heavy (non-hydrogen) atoms. The summed E-state index contributed by atoms with van der Waals surface area (Å²) in [6.07, 6.45) is 11.4. The number of nitrogens with zero attached hydrogens (tertiary/aromatic N) is 1. The predicted octanol–water partition coefficient (Wildman–Crippen LogP) is 0.869. The molecule has 0 fully saturated rings. The molecule has 3 heteroatoms. The molecular weight excluding hydrogens is 174 g/mol. The molecule has 0 saturated heterocycles. The minimum atomic E-state index is 0.202. The van der Waals surface area contributed by atoms with E-state index >= 15 is 0 Å². The molecule has 0 saturated carbocycles. The lowest BCUT2D eigenvalue weighted by atomic mass is 10.0. The first-order valence-electron chi connectivity index (χ1n) is 4.65. The van der Waals surface area contributed by atoms with Gasteiger partial charge in [-0.2, -0.15) is 0 Å². The van der Waals surface area contributed by atoms with Gasteiger partial charge in [-0.15, -0.1) is 12.3 Å². The van der Waals surface area contributed by atoms with E-state index in [-0.39, 0.29) is 6.04 Å². The third kappa shape index (κ3) is 3.56. The van der Waals surface area contributed by atoms with Crippen molar-refractivity contribution in [2.45, 2.75) is 25.3 Å². The third-order valence-corrected chi connectivity index (χ3v) is 2.13. The van der Waals surface area contributed by atoms with Crippen molar-refractivity contribution in [2.24, 2.45) is 5.84 Å². The van der Waals surface area contributed by atoms with Gasteiger partial charge in [0.2, 0.25) is 0 Å². The highest BCUT2D eigenvalue weighted by atomic mass is 15.2. The van der Waals surface area contributed by atoms with E-state index in [9.17, 15) is 0 Å². The summed E-state index contributed by atoms with van der Waals surface area (Å²) in [7, 11) is 0. The predicted molar refractivity (Wildman–Crippen MR) is 57.1 cm³/mol. The largest absolute Gasteiger partial charge is 0.271 e. The van der Waals surface area contributed by atoms with Gasteiger partial charge in [0.15, 0.2) is 0 Å². The average Bonchev–Trinajstić information content (AvgIpc) is 2.25. The lowest BCUT2D eigenvalue weighted by Crippen LogP contribution is -2.35. The Hall–Kier alpha value is -1.37. The molecule has 1 rings (SSSR count). The fourth-order valence-electron chi connectivity index (χ4n) is 1.28. The van der Waals surface area contributed by atoms with Crippen molar-refractivity contribution >= 4 is 0 Å². The Bertz CT molecular complexity index is 289. The molecular formula is C11H15N3. The lowest BCUT2D eigenvalue weighted by molar-refractivity contribution is 0.504. The summed E-state index contributed by atoms with van der Waals surface area (Å²) in [5.74, 6) is 7.97. The normalized spacial score (nSPS) is 12.0. The Morgan fingerprint density at radius 1 is 1.50 bits per heavy atom. The van der Waals surface area contributed by atoms with Gasteiger partial charge in [-0.25, -0.2) is 0 Å². The van der Waals surface area contributed by atoms with Gasteiger partial charge in [-0.3, -0.25) is 16.3 Å². The van der Waals surface area contributed by atoms with Crippen LogP contribution in [-0.4, -0.2) is 11.0 Å². The molecule has 1 unspecified atom stereocenters. The van der Waals surface area contributed by atoms with Gasteiger partial charge in [0, 0.05) is 24.9 Å². The number of rotatable bonds is 5. The molecule has 1 aromatic heterocycles. The zero-order chi connectivity index (χ0) is 10.2. The number of hydrogen-bond donors (Lipinski definition) is 2. The van der Waals surface area contributed by atoms with Crippen LogP contribution < -0.4 is 11.3 Å². The summed E-state index contributed by atoms with van der Waals surface area (Å²) >= 11 is 0. The summed E-state index contributed by atoms with van der Waals surface area (Å²) in [6, 6.07) is 4.21. The van der Waals surface area contributed by atoms with Gasteiger partial charge < -0.3 is 0 Å². The molecule has 0 aliphatic rings. The number of terminal acetylenes is 1. The van der Waals surface area contributed by atoms with Crippen molar-refractivity contribution < 1.29 is 0 Å². The van der Waals surface area contributed by atoms with E-state index in [0.29, 0.717) is 6.42 Å². The number of hydrogen-bond acceptors (Lipinski definition) is 3. The van der Waals surface area contributed by atoms with Crippen LogP contribution in [0.5, 0.6) is 0 Å². The minimum Gasteiger partial charge on any atom is -0.271 e. The lowest BCUT2D eigenvalue weighted by Gasteiger charge is -2.12. The maximum absolute atomic E-state index is 5.37. The van der Waals surface area contributed by atoms with Crippen LogP contribution in [0.2, 0.25) is 0 Å². The van der Waals surface area contributed by atoms with Gasteiger partial charge in [-0.05, 0) is 30.5 Å². The Morgan fingerprint density at radius 2 is 2.21 bits per heavy atom. The summed E-state index contributed by atoms with van der Waals surface area (Å²) in [5.41, 5.74) is 3.98. The molecule has 3 nitrogen and oxygen atoms in total. The van der Waals surface area contributed by atoms with E-state index in [1.807, 2.05) is 12.1 Å². The molecule has 0 aliphatic carbocycles. The first-order valence-corrected chi connectivity index (χ1v) is 4.65. The van der Waals surface area contributed by atoms with E-state index in [0.717, 1.165) is 12.8 Å². The summed E-state index contributed by atoms with van der Waals surface area (Å²) < 4.78 is 0. The van der Waals surface area contributed by atoms with E-state index in [1.165, 1.54) is 5.56 Å². The van der Waals surface area contributed by atoms with Gasteiger partial charge in [0.05, 0.1) is 0 Å². The standard InChI is InChI=1S/C11H15N3/c1-2-3-11(14-12)5-4-10-6-8-13-9-7-10/h1,6-9,11,14H,3-5,12H2. The second-order valence-electron chi connectivity index (χ2n) is 3.17. The quantitative estimate of drug-likeness (QED) is 0.410. The van der Waals surface area contributed by atoms with Crippen molar-refractivity contribution in [1.29, 1.82) is 0 Å². The number of aryl methyl sites for hydroxylation is 1. The van der Waals surface area contributed by atoms with Crippen molar-refractivity contribution in [3.8, 4) is 12.3 Å². The molecule has 1 aromatic rings. The number of hydrazine groups is 1. The Kier molecular flexibility index (Phi) is 4.70. The van der Waals surface area contributed by atoms with Crippen LogP contribution in [0.1, 0.15) is 18.4 Å². The Labute approximate surface area is 84.7 Å².